The molecule has 0 fully saturated rings. The van der Waals surface area contributed by atoms with Crippen LogP contribution < -0.4 is 11.1 Å². The Labute approximate surface area is 136 Å². The van der Waals surface area contributed by atoms with E-state index in [0.717, 1.165) is 22.1 Å². The van der Waals surface area contributed by atoms with Crippen LogP contribution >= 0.6 is 39.5 Å². The van der Waals surface area contributed by atoms with Crippen molar-refractivity contribution in [3.8, 4) is 0 Å². The molecule has 0 radical (unpaired) electrons. The third kappa shape index (κ3) is 2.75. The molecule has 3 N–H and O–H groups in total. The number of hydrogen-bond acceptors (Lipinski definition) is 3. The zero-order valence-electron chi connectivity index (χ0n) is 10.9. The van der Waals surface area contributed by atoms with Gasteiger partial charge < -0.3 is 11.1 Å². The van der Waals surface area contributed by atoms with E-state index >= 15 is 0 Å². The fourth-order valence-electron chi connectivity index (χ4n) is 2.67. The van der Waals surface area contributed by atoms with Gasteiger partial charge in [0.15, 0.2) is 0 Å². The van der Waals surface area contributed by atoms with Gasteiger partial charge in [0.05, 0.1) is 6.04 Å². The lowest BCUT2D eigenvalue weighted by Gasteiger charge is -2.26. The number of nitrogens with two attached hydrogens (primary N) is 1. The molecular formula is C15H15BrN2S2. The Balaban J connectivity index is 1.93. The molecule has 2 nitrogen and oxygen atoms in total. The van der Waals surface area contributed by atoms with Crippen molar-refractivity contribution in [2.45, 2.75) is 25.3 Å². The maximum Gasteiger partial charge on any atom is 0.106 e. The molecule has 0 aliphatic heterocycles. The lowest BCUT2D eigenvalue weighted by atomic mass is 9.93. The van der Waals surface area contributed by atoms with E-state index in [1.54, 1.807) is 0 Å². The topological polar surface area (TPSA) is 38.0 Å². The van der Waals surface area contributed by atoms with Crippen molar-refractivity contribution in [2.75, 3.05) is 5.32 Å². The average molecular weight is 367 g/mol. The van der Waals surface area contributed by atoms with Crippen LogP contribution in [0.1, 0.15) is 34.9 Å². The van der Waals surface area contributed by atoms with Gasteiger partial charge in [0.1, 0.15) is 4.99 Å². The first kappa shape index (κ1) is 14.0. The number of anilines is 1. The van der Waals surface area contributed by atoms with Crippen molar-refractivity contribution < 1.29 is 0 Å². The molecule has 0 amide bonds. The molecule has 2 aromatic rings. The lowest BCUT2D eigenvalue weighted by Crippen LogP contribution is -2.19. The molecule has 5 heteroatoms. The molecule has 1 aliphatic carbocycles. The highest BCUT2D eigenvalue weighted by molar-refractivity contribution is 9.10. The average Bonchev–Trinajstić information content (AvgIpc) is 2.88. The number of thiophene rings is 1. The number of nitrogens with one attached hydrogen (secondary N) is 1. The second-order valence-corrected chi connectivity index (χ2v) is 7.30. The predicted octanol–water partition coefficient (Wildman–Crippen LogP) is 4.63. The van der Waals surface area contributed by atoms with Crippen molar-refractivity contribution in [3.63, 3.8) is 0 Å². The minimum atomic E-state index is 0.354. The van der Waals surface area contributed by atoms with Crippen molar-refractivity contribution in [2.24, 2.45) is 5.73 Å². The molecule has 104 valence electrons. The molecular weight excluding hydrogens is 352 g/mol. The van der Waals surface area contributed by atoms with Gasteiger partial charge in [-0.2, -0.15) is 0 Å². The van der Waals surface area contributed by atoms with Crippen LogP contribution in [0.25, 0.3) is 0 Å². The van der Waals surface area contributed by atoms with Gasteiger partial charge in [-0.1, -0.05) is 28.1 Å². The van der Waals surface area contributed by atoms with Crippen LogP contribution in [0.4, 0.5) is 5.69 Å². The molecule has 0 saturated carbocycles. The number of benzene rings is 1. The highest BCUT2D eigenvalue weighted by atomic mass is 79.9. The van der Waals surface area contributed by atoms with Gasteiger partial charge in [0.25, 0.3) is 0 Å². The summed E-state index contributed by atoms with van der Waals surface area (Å²) in [5.41, 5.74) is 9.17. The van der Waals surface area contributed by atoms with Crippen molar-refractivity contribution >= 4 is 50.2 Å². The Morgan fingerprint density at radius 2 is 2.25 bits per heavy atom. The van der Waals surface area contributed by atoms with Crippen LogP contribution in [0.2, 0.25) is 0 Å². The van der Waals surface area contributed by atoms with Crippen LogP contribution in [-0.2, 0) is 6.42 Å². The Bertz CT molecular complexity index is 651. The lowest BCUT2D eigenvalue weighted by molar-refractivity contribution is 0.609. The summed E-state index contributed by atoms with van der Waals surface area (Å²) in [7, 11) is 0. The SMILES string of the molecule is NC(=S)c1ccc(Br)cc1NC1CCCc2sccc21. The van der Waals surface area contributed by atoms with Gasteiger partial charge in [0, 0.05) is 20.6 Å². The quantitative estimate of drug-likeness (QED) is 0.777. The van der Waals surface area contributed by atoms with E-state index in [1.165, 1.54) is 23.3 Å². The maximum atomic E-state index is 5.82. The van der Waals surface area contributed by atoms with Crippen LogP contribution in [-0.4, -0.2) is 4.99 Å². The summed E-state index contributed by atoms with van der Waals surface area (Å²) in [5.74, 6) is 0. The number of thiocarbonyl (C=S) groups is 1. The number of hydrogen-bond donors (Lipinski definition) is 2. The second kappa shape index (κ2) is 5.84. The summed E-state index contributed by atoms with van der Waals surface area (Å²) < 4.78 is 1.03. The van der Waals surface area contributed by atoms with Crippen LogP contribution in [0.3, 0.4) is 0 Å². The summed E-state index contributed by atoms with van der Waals surface area (Å²) in [4.78, 5) is 1.93. The zero-order valence-corrected chi connectivity index (χ0v) is 14.1. The number of halogens is 1. The second-order valence-electron chi connectivity index (χ2n) is 4.94. The number of rotatable bonds is 3. The molecule has 1 aromatic carbocycles. The first-order valence-corrected chi connectivity index (χ1v) is 8.65. The van der Waals surface area contributed by atoms with Crippen LogP contribution in [0.5, 0.6) is 0 Å². The first-order valence-electron chi connectivity index (χ1n) is 6.57. The van der Waals surface area contributed by atoms with Gasteiger partial charge in [-0.3, -0.25) is 0 Å². The van der Waals surface area contributed by atoms with E-state index in [1.807, 2.05) is 23.5 Å². The summed E-state index contributed by atoms with van der Waals surface area (Å²) in [6.45, 7) is 0. The van der Waals surface area contributed by atoms with Gasteiger partial charge in [0.2, 0.25) is 0 Å². The van der Waals surface area contributed by atoms with Crippen LogP contribution in [0, 0.1) is 0 Å². The van der Waals surface area contributed by atoms with Gasteiger partial charge in [-0.05, 0) is 54.5 Å². The number of aryl methyl sites for hydroxylation is 1. The smallest absolute Gasteiger partial charge is 0.106 e. The fraction of sp³-hybridized carbons (Fsp3) is 0.267. The molecule has 0 saturated heterocycles. The van der Waals surface area contributed by atoms with Gasteiger partial charge >= 0.3 is 0 Å². The van der Waals surface area contributed by atoms with E-state index < -0.39 is 0 Å². The molecule has 1 heterocycles. The van der Waals surface area contributed by atoms with Crippen molar-refractivity contribution in [1.82, 2.24) is 0 Å². The van der Waals surface area contributed by atoms with E-state index in [-0.39, 0.29) is 0 Å². The fourth-order valence-corrected chi connectivity index (χ4v) is 4.20. The Hall–Kier alpha value is -0.910. The molecule has 1 unspecified atom stereocenters. The molecule has 0 bridgehead atoms. The van der Waals surface area contributed by atoms with E-state index in [2.05, 4.69) is 38.8 Å². The van der Waals surface area contributed by atoms with Gasteiger partial charge in [-0.25, -0.2) is 0 Å². The molecule has 1 aliphatic rings. The largest absolute Gasteiger partial charge is 0.389 e. The Morgan fingerprint density at radius 1 is 1.40 bits per heavy atom. The normalized spacial score (nSPS) is 17.6. The molecule has 1 atom stereocenters. The third-order valence-electron chi connectivity index (χ3n) is 3.63. The van der Waals surface area contributed by atoms with E-state index in [4.69, 9.17) is 18.0 Å². The molecule has 3 rings (SSSR count). The summed E-state index contributed by atoms with van der Waals surface area (Å²) >= 11 is 10.5. The molecule has 20 heavy (non-hydrogen) atoms. The monoisotopic (exact) mass is 366 g/mol. The van der Waals surface area contributed by atoms with Gasteiger partial charge in [-0.15, -0.1) is 11.3 Å². The predicted molar refractivity (Wildman–Crippen MR) is 93.7 cm³/mol. The Morgan fingerprint density at radius 3 is 3.05 bits per heavy atom. The summed E-state index contributed by atoms with van der Waals surface area (Å²) in [6.07, 6.45) is 3.57. The maximum absolute atomic E-state index is 5.82. The Kier molecular flexibility index (Phi) is 4.10. The highest BCUT2D eigenvalue weighted by Crippen LogP contribution is 2.36. The number of fused-ring (bicyclic) bond motifs is 1. The highest BCUT2D eigenvalue weighted by Gasteiger charge is 2.22. The van der Waals surface area contributed by atoms with E-state index in [0.29, 0.717) is 11.0 Å². The molecule has 1 aromatic heterocycles. The minimum Gasteiger partial charge on any atom is -0.389 e. The minimum absolute atomic E-state index is 0.354. The summed E-state index contributed by atoms with van der Waals surface area (Å²) in [6, 6.07) is 8.57. The first-order chi connectivity index (χ1) is 9.65. The van der Waals surface area contributed by atoms with E-state index in [9.17, 15) is 0 Å². The van der Waals surface area contributed by atoms with Crippen molar-refractivity contribution in [1.29, 1.82) is 0 Å². The molecule has 0 spiro atoms. The van der Waals surface area contributed by atoms with Crippen LogP contribution in [0.15, 0.2) is 34.1 Å². The standard InChI is InChI=1S/C15H15BrN2S2/c16-9-4-5-11(15(17)19)13(8-9)18-12-2-1-3-14-10(12)6-7-20-14/h4-8,12,18H,1-3H2,(H2,17,19). The zero-order chi connectivity index (χ0) is 14.1. The summed E-state index contributed by atoms with van der Waals surface area (Å²) in [5, 5.41) is 5.80. The third-order valence-corrected chi connectivity index (χ3v) is 5.34. The van der Waals surface area contributed by atoms with Crippen molar-refractivity contribution in [3.05, 3.63) is 50.1 Å².